The summed E-state index contributed by atoms with van der Waals surface area (Å²) in [6, 6.07) is 13.6. The lowest BCUT2D eigenvalue weighted by atomic mass is 10.2. The van der Waals surface area contributed by atoms with Crippen molar-refractivity contribution in [3.05, 3.63) is 53.4 Å². The Morgan fingerprint density at radius 1 is 1.12 bits per heavy atom. The van der Waals surface area contributed by atoms with Crippen molar-refractivity contribution in [2.24, 2.45) is 0 Å². The fourth-order valence-electron chi connectivity index (χ4n) is 2.83. The highest BCUT2D eigenvalue weighted by Crippen LogP contribution is 2.27. The topological polar surface area (TPSA) is 50.8 Å². The molecule has 5 nitrogen and oxygen atoms in total. The summed E-state index contributed by atoms with van der Waals surface area (Å²) in [6.45, 7) is 1.02. The van der Waals surface area contributed by atoms with E-state index >= 15 is 0 Å². The number of hydrogen-bond donors (Lipinski definition) is 1. The summed E-state index contributed by atoms with van der Waals surface area (Å²) in [5.74, 6) is 1.19. The summed E-state index contributed by atoms with van der Waals surface area (Å²) >= 11 is 1.73. The third-order valence-electron chi connectivity index (χ3n) is 4.05. The Kier molecular flexibility index (Phi) is 5.75. The minimum Gasteiger partial charge on any atom is -0.497 e. The molecule has 0 aliphatic carbocycles. The number of rotatable bonds is 7. The first-order valence-corrected chi connectivity index (χ1v) is 9.13. The monoisotopic (exact) mass is 370 g/mol. The van der Waals surface area contributed by atoms with Crippen molar-refractivity contribution in [3.8, 4) is 11.5 Å². The lowest BCUT2D eigenvalue weighted by Crippen LogP contribution is -2.29. The van der Waals surface area contributed by atoms with E-state index in [1.807, 2.05) is 24.1 Å². The molecule has 3 rings (SSSR count). The Morgan fingerprint density at radius 2 is 1.81 bits per heavy atom. The summed E-state index contributed by atoms with van der Waals surface area (Å²) < 4.78 is 11.7. The van der Waals surface area contributed by atoms with E-state index in [2.05, 4.69) is 22.8 Å². The summed E-state index contributed by atoms with van der Waals surface area (Å²) in [7, 11) is 5.11. The van der Waals surface area contributed by atoms with Gasteiger partial charge in [-0.3, -0.25) is 9.69 Å². The number of amides is 1. The van der Waals surface area contributed by atoms with Gasteiger partial charge in [0.15, 0.2) is 0 Å². The van der Waals surface area contributed by atoms with Crippen LogP contribution >= 0.6 is 11.3 Å². The third kappa shape index (κ3) is 4.33. The molecule has 1 aromatic heterocycles. The minimum atomic E-state index is -0.0812. The Hall–Kier alpha value is -2.57. The fourth-order valence-corrected chi connectivity index (χ4v) is 3.78. The van der Waals surface area contributed by atoms with E-state index in [-0.39, 0.29) is 5.91 Å². The number of fused-ring (bicyclic) bond motifs is 1. The molecule has 0 aliphatic rings. The molecule has 0 fully saturated rings. The van der Waals surface area contributed by atoms with Crippen molar-refractivity contribution < 1.29 is 14.3 Å². The highest BCUT2D eigenvalue weighted by molar-refractivity contribution is 7.17. The molecule has 3 aromatic rings. The van der Waals surface area contributed by atoms with Crippen LogP contribution in [0.1, 0.15) is 5.56 Å². The second-order valence-corrected chi connectivity index (χ2v) is 6.99. The standard InChI is InChI=1S/C20H22N2O3S/c1-22(11-14-13-26-19-7-5-4-6-18(14)19)12-20(23)21-15-8-16(24-2)10-17(9-15)25-3/h4-10,13H,11-12H2,1-3H3,(H,21,23). The molecule has 136 valence electrons. The van der Waals surface area contributed by atoms with Crippen molar-refractivity contribution in [1.82, 2.24) is 4.90 Å². The average molecular weight is 370 g/mol. The van der Waals surface area contributed by atoms with E-state index in [4.69, 9.17) is 9.47 Å². The van der Waals surface area contributed by atoms with E-state index in [0.717, 1.165) is 6.54 Å². The molecule has 0 radical (unpaired) electrons. The van der Waals surface area contributed by atoms with Gasteiger partial charge in [0.05, 0.1) is 20.8 Å². The molecule has 0 spiro atoms. The molecule has 0 bridgehead atoms. The van der Waals surface area contributed by atoms with Crippen LogP contribution in [0.5, 0.6) is 11.5 Å². The lowest BCUT2D eigenvalue weighted by Gasteiger charge is -2.16. The Labute approximate surface area is 157 Å². The smallest absolute Gasteiger partial charge is 0.238 e. The highest BCUT2D eigenvalue weighted by atomic mass is 32.1. The Balaban J connectivity index is 1.62. The van der Waals surface area contributed by atoms with E-state index in [9.17, 15) is 4.79 Å². The maximum absolute atomic E-state index is 12.4. The number of carbonyl (C=O) groups excluding carboxylic acids is 1. The van der Waals surface area contributed by atoms with Crippen LogP contribution in [0.4, 0.5) is 5.69 Å². The van der Waals surface area contributed by atoms with Crippen LogP contribution in [0, 0.1) is 0 Å². The van der Waals surface area contributed by atoms with Crippen LogP contribution in [-0.2, 0) is 11.3 Å². The van der Waals surface area contributed by atoms with Gasteiger partial charge < -0.3 is 14.8 Å². The Morgan fingerprint density at radius 3 is 2.50 bits per heavy atom. The molecule has 6 heteroatoms. The average Bonchev–Trinajstić information content (AvgIpc) is 3.04. The van der Waals surface area contributed by atoms with Gasteiger partial charge in [-0.25, -0.2) is 0 Å². The predicted molar refractivity (Wildman–Crippen MR) is 106 cm³/mol. The molecular weight excluding hydrogens is 348 g/mol. The first-order valence-electron chi connectivity index (χ1n) is 8.25. The summed E-state index contributed by atoms with van der Waals surface area (Å²) in [5.41, 5.74) is 1.89. The second kappa shape index (κ2) is 8.21. The quantitative estimate of drug-likeness (QED) is 0.683. The number of hydrogen-bond acceptors (Lipinski definition) is 5. The highest BCUT2D eigenvalue weighted by Gasteiger charge is 2.11. The van der Waals surface area contributed by atoms with Crippen LogP contribution in [0.15, 0.2) is 47.8 Å². The van der Waals surface area contributed by atoms with Crippen LogP contribution < -0.4 is 14.8 Å². The van der Waals surface area contributed by atoms with Gasteiger partial charge in [0.1, 0.15) is 11.5 Å². The number of ether oxygens (including phenoxy) is 2. The fraction of sp³-hybridized carbons (Fsp3) is 0.250. The number of likely N-dealkylation sites (N-methyl/N-ethyl adjacent to an activating group) is 1. The molecule has 0 aliphatic heterocycles. The number of nitrogens with zero attached hydrogens (tertiary/aromatic N) is 1. The van der Waals surface area contributed by atoms with Gasteiger partial charge in [0.25, 0.3) is 0 Å². The largest absolute Gasteiger partial charge is 0.497 e. The van der Waals surface area contributed by atoms with Crippen LogP contribution in [0.2, 0.25) is 0 Å². The summed E-state index contributed by atoms with van der Waals surface area (Å²) in [5, 5.41) is 6.31. The second-order valence-electron chi connectivity index (χ2n) is 6.08. The van der Waals surface area contributed by atoms with Crippen molar-refractivity contribution in [3.63, 3.8) is 0 Å². The van der Waals surface area contributed by atoms with Gasteiger partial charge >= 0.3 is 0 Å². The van der Waals surface area contributed by atoms with Crippen LogP contribution in [0.3, 0.4) is 0 Å². The third-order valence-corrected chi connectivity index (χ3v) is 5.06. The molecule has 0 saturated carbocycles. The van der Waals surface area contributed by atoms with Crippen molar-refractivity contribution in [2.45, 2.75) is 6.54 Å². The molecule has 26 heavy (non-hydrogen) atoms. The van der Waals surface area contributed by atoms with Gasteiger partial charge in [-0.15, -0.1) is 11.3 Å². The van der Waals surface area contributed by atoms with E-state index in [0.29, 0.717) is 23.7 Å². The molecule has 1 amide bonds. The predicted octanol–water partition coefficient (Wildman–Crippen LogP) is 3.99. The molecule has 1 N–H and O–H groups in total. The summed E-state index contributed by atoms with van der Waals surface area (Å²) in [4.78, 5) is 14.4. The SMILES string of the molecule is COc1cc(NC(=O)CN(C)Cc2csc3ccccc23)cc(OC)c1. The van der Waals surface area contributed by atoms with Crippen molar-refractivity contribution in [1.29, 1.82) is 0 Å². The molecule has 0 atom stereocenters. The lowest BCUT2D eigenvalue weighted by molar-refractivity contribution is -0.117. The van der Waals surface area contributed by atoms with Crippen molar-refractivity contribution in [2.75, 3.05) is 33.1 Å². The maximum Gasteiger partial charge on any atom is 0.238 e. The van der Waals surface area contributed by atoms with Crippen LogP contribution in [0.25, 0.3) is 10.1 Å². The molecule has 1 heterocycles. The number of thiophene rings is 1. The van der Waals surface area contributed by atoms with Crippen LogP contribution in [-0.4, -0.2) is 38.6 Å². The Bertz CT molecular complexity index is 885. The zero-order chi connectivity index (χ0) is 18.5. The number of methoxy groups -OCH3 is 2. The first kappa shape index (κ1) is 18.2. The van der Waals surface area contributed by atoms with E-state index < -0.39 is 0 Å². The van der Waals surface area contributed by atoms with Gasteiger partial charge in [-0.05, 0) is 29.4 Å². The van der Waals surface area contributed by atoms with Gasteiger partial charge in [-0.2, -0.15) is 0 Å². The normalized spacial score (nSPS) is 10.9. The number of nitrogens with one attached hydrogen (secondary N) is 1. The number of benzene rings is 2. The zero-order valence-corrected chi connectivity index (χ0v) is 15.9. The first-order chi connectivity index (χ1) is 12.6. The van der Waals surface area contributed by atoms with E-state index in [1.165, 1.54) is 15.6 Å². The molecule has 2 aromatic carbocycles. The summed E-state index contributed by atoms with van der Waals surface area (Å²) in [6.07, 6.45) is 0. The van der Waals surface area contributed by atoms with Gasteiger partial charge in [0, 0.05) is 35.1 Å². The van der Waals surface area contributed by atoms with Crippen molar-refractivity contribution >= 4 is 33.0 Å². The van der Waals surface area contributed by atoms with Gasteiger partial charge in [0.2, 0.25) is 5.91 Å². The molecular formula is C20H22N2O3S. The van der Waals surface area contributed by atoms with E-state index in [1.54, 1.807) is 43.8 Å². The number of carbonyl (C=O) groups is 1. The maximum atomic E-state index is 12.4. The molecule has 0 unspecified atom stereocenters. The molecule has 0 saturated heterocycles. The zero-order valence-electron chi connectivity index (χ0n) is 15.1. The minimum absolute atomic E-state index is 0.0812. The number of anilines is 1. The van der Waals surface area contributed by atoms with Gasteiger partial charge in [-0.1, -0.05) is 18.2 Å².